The van der Waals surface area contributed by atoms with Gasteiger partial charge in [0.15, 0.2) is 0 Å². The largest absolute Gasteiger partial charge is 3.00 e. The van der Waals surface area contributed by atoms with Gasteiger partial charge in [0, 0.05) is 43.3 Å². The molecule has 0 aliphatic rings. The summed E-state index contributed by atoms with van der Waals surface area (Å²) in [5.74, 6) is 0. The van der Waals surface area contributed by atoms with Crippen LogP contribution in [0.25, 0.3) is 123 Å². The standard InChI is InChI=1S/C64H41N4O.Ir/c1-41-31-61(43-17-5-3-6-18-43)66-39-58(41)54-25-13-11-23-52(54)47-33-46(34-48(35-47)53-24-12-14-26-55(53)59-40-67-62(32-42(59)2)44-19-7-4-8-20-44)51-22-10-9-21-50(51)45-29-30-60(65-37-45)49-36-57-56-27-15-16-28-63(56)69-64(57)68-38-49;/h3-17,19,21-37,39-40H,1-2H3;/q-3;+3/i1D3,2D3;. The number of rotatable bonds is 9. The molecule has 70 heavy (non-hydrogen) atoms. The molecular weight excluding hydrogens is 1030 g/mol. The number of benzene rings is 7. The van der Waals surface area contributed by atoms with Crippen LogP contribution in [0.3, 0.4) is 0 Å². The smallest absolute Gasteiger partial charge is 0.483 e. The van der Waals surface area contributed by atoms with Crippen molar-refractivity contribution in [3.63, 3.8) is 0 Å². The number of pyridine rings is 4. The van der Waals surface area contributed by atoms with Crippen LogP contribution in [0.1, 0.15) is 19.4 Å². The first-order valence-electron chi connectivity index (χ1n) is 25.5. The van der Waals surface area contributed by atoms with Gasteiger partial charge >= 0.3 is 20.1 Å². The van der Waals surface area contributed by atoms with Crippen LogP contribution >= 0.6 is 0 Å². The van der Waals surface area contributed by atoms with Crippen LogP contribution in [0.4, 0.5) is 0 Å². The first kappa shape index (κ1) is 37.6. The van der Waals surface area contributed by atoms with E-state index in [-0.39, 0.29) is 31.2 Å². The Labute approximate surface area is 429 Å². The van der Waals surface area contributed by atoms with Crippen LogP contribution in [0.2, 0.25) is 0 Å². The second-order valence-electron chi connectivity index (χ2n) is 16.7. The summed E-state index contributed by atoms with van der Waals surface area (Å²) in [4.78, 5) is 19.1. The van der Waals surface area contributed by atoms with Crippen LogP contribution in [-0.2, 0) is 20.1 Å². The molecule has 0 spiro atoms. The van der Waals surface area contributed by atoms with Gasteiger partial charge in [-0.15, -0.1) is 83.4 Å². The Morgan fingerprint density at radius 2 is 0.886 bits per heavy atom. The van der Waals surface area contributed by atoms with E-state index in [1.165, 1.54) is 0 Å². The average molecular weight is 1080 g/mol. The molecule has 7 aromatic carbocycles. The Balaban J connectivity index is 0.00000616. The second-order valence-corrected chi connectivity index (χ2v) is 16.7. The molecule has 0 amide bonds. The molecule has 0 radical (unpaired) electrons. The number of furan rings is 1. The monoisotopic (exact) mass is 1080 g/mol. The van der Waals surface area contributed by atoms with E-state index in [0.29, 0.717) is 56.2 Å². The van der Waals surface area contributed by atoms with Crippen molar-refractivity contribution in [2.24, 2.45) is 0 Å². The summed E-state index contributed by atoms with van der Waals surface area (Å²) in [6.45, 7) is -4.97. The van der Waals surface area contributed by atoms with Crippen LogP contribution in [0.5, 0.6) is 0 Å². The number of nitrogens with zero attached hydrogens (tertiary/aromatic N) is 4. The van der Waals surface area contributed by atoms with Gasteiger partial charge in [-0.2, -0.15) is 0 Å². The van der Waals surface area contributed by atoms with Gasteiger partial charge in [0.05, 0.1) is 0 Å². The third kappa shape index (κ3) is 8.34. The van der Waals surface area contributed by atoms with Crippen LogP contribution in [-0.4, -0.2) is 19.9 Å². The van der Waals surface area contributed by atoms with Crippen molar-refractivity contribution in [1.82, 2.24) is 19.9 Å². The Hall–Kier alpha value is -8.41. The van der Waals surface area contributed by atoms with Crippen molar-refractivity contribution in [2.45, 2.75) is 13.7 Å². The van der Waals surface area contributed by atoms with E-state index in [4.69, 9.17) is 27.6 Å². The van der Waals surface area contributed by atoms with Crippen LogP contribution < -0.4 is 0 Å². The van der Waals surface area contributed by atoms with E-state index in [1.54, 1.807) is 36.7 Å². The molecule has 0 N–H and O–H groups in total. The van der Waals surface area contributed by atoms with Crippen molar-refractivity contribution < 1.29 is 32.7 Å². The van der Waals surface area contributed by atoms with Gasteiger partial charge in [0.2, 0.25) is 0 Å². The molecule has 5 heterocycles. The van der Waals surface area contributed by atoms with Gasteiger partial charge in [-0.3, -0.25) is 0 Å². The quantitative estimate of drug-likeness (QED) is 0.135. The maximum atomic E-state index is 8.78. The first-order valence-corrected chi connectivity index (χ1v) is 22.5. The number of hydrogen-bond acceptors (Lipinski definition) is 5. The zero-order valence-corrected chi connectivity index (χ0v) is 39.6. The molecular formula is C64H41IrN4O. The summed E-state index contributed by atoms with van der Waals surface area (Å²) >= 11 is 0. The maximum Gasteiger partial charge on any atom is 3.00 e. The van der Waals surface area contributed by atoms with E-state index in [0.717, 1.165) is 66.4 Å². The summed E-state index contributed by atoms with van der Waals surface area (Å²) in [6.07, 6.45) is 8.27. The molecule has 0 aliphatic carbocycles. The molecule has 0 saturated carbocycles. The number of hydrogen-bond donors (Lipinski definition) is 0. The third-order valence-corrected chi connectivity index (χ3v) is 12.5. The summed E-state index contributed by atoms with van der Waals surface area (Å²) in [5, 5.41) is 1.85. The first-order chi connectivity index (χ1) is 36.4. The molecule has 6 heteroatoms. The summed E-state index contributed by atoms with van der Waals surface area (Å²) < 4.78 is 58.6. The molecule has 332 valence electrons. The van der Waals surface area contributed by atoms with E-state index in [9.17, 15) is 0 Å². The fourth-order valence-corrected chi connectivity index (χ4v) is 9.17. The number of para-hydroxylation sites is 1. The predicted octanol–water partition coefficient (Wildman–Crippen LogP) is 16.2. The summed E-state index contributed by atoms with van der Waals surface area (Å²) in [5.41, 5.74) is 14.4. The van der Waals surface area contributed by atoms with Crippen LogP contribution in [0.15, 0.2) is 217 Å². The summed E-state index contributed by atoms with van der Waals surface area (Å²) in [7, 11) is 0. The topological polar surface area (TPSA) is 64.7 Å². The zero-order valence-electron chi connectivity index (χ0n) is 43.2. The zero-order chi connectivity index (χ0) is 51.3. The SMILES string of the molecule is [2H]C([2H])([2H])c1cc(-c2[c-]cccc2)ncc1-c1ccccc1-c1cc(-c2ccccc2-c2ccc(-c3[c-]nc4oc5ccccc5c4c3)nc2)cc(-c2ccccc2-c2cnc(-c3[c-]cccc3)cc2C([2H])([2H])[2H])c1.[Ir+3]. The normalized spacial score (nSPS) is 12.8. The molecule has 0 bridgehead atoms. The van der Waals surface area contributed by atoms with E-state index in [2.05, 4.69) is 53.6 Å². The van der Waals surface area contributed by atoms with Gasteiger partial charge in [0.1, 0.15) is 11.3 Å². The van der Waals surface area contributed by atoms with Crippen molar-refractivity contribution >= 4 is 22.1 Å². The van der Waals surface area contributed by atoms with E-state index >= 15 is 0 Å². The number of aryl methyl sites for hydroxylation is 2. The minimum absolute atomic E-state index is 0. The van der Waals surface area contributed by atoms with Crippen molar-refractivity contribution in [3.05, 3.63) is 242 Å². The van der Waals surface area contributed by atoms with Crippen molar-refractivity contribution in [3.8, 4) is 101 Å². The fourth-order valence-electron chi connectivity index (χ4n) is 9.17. The van der Waals surface area contributed by atoms with Crippen molar-refractivity contribution in [1.29, 1.82) is 0 Å². The van der Waals surface area contributed by atoms with Gasteiger partial charge in [-0.25, -0.2) is 0 Å². The Morgan fingerprint density at radius 3 is 1.40 bits per heavy atom. The van der Waals surface area contributed by atoms with E-state index < -0.39 is 13.7 Å². The molecule has 5 aromatic heterocycles. The minimum atomic E-state index is -2.49. The van der Waals surface area contributed by atoms with Crippen LogP contribution in [0, 0.1) is 32.0 Å². The maximum absolute atomic E-state index is 8.78. The molecule has 0 fully saturated rings. The third-order valence-electron chi connectivity index (χ3n) is 12.5. The number of fused-ring (bicyclic) bond motifs is 3. The molecule has 12 rings (SSSR count). The van der Waals surface area contributed by atoms with Gasteiger partial charge in [0.25, 0.3) is 0 Å². The molecule has 0 unspecified atom stereocenters. The van der Waals surface area contributed by atoms with E-state index in [1.807, 2.05) is 146 Å². The minimum Gasteiger partial charge on any atom is -0.483 e. The van der Waals surface area contributed by atoms with Crippen molar-refractivity contribution in [2.75, 3.05) is 0 Å². The Bertz CT molecular complexity index is 3940. The van der Waals surface area contributed by atoms with Gasteiger partial charge in [-0.05, 0) is 133 Å². The number of aromatic nitrogens is 4. The molecule has 0 atom stereocenters. The molecule has 0 saturated heterocycles. The molecule has 5 nitrogen and oxygen atoms in total. The Morgan fingerprint density at radius 1 is 0.400 bits per heavy atom. The second kappa shape index (κ2) is 18.9. The Kier molecular flexibility index (Phi) is 10.2. The molecule has 0 aliphatic heterocycles. The fraction of sp³-hybridized carbons (Fsp3) is 0.0312. The average Bonchev–Trinajstić information content (AvgIpc) is 3.84. The van der Waals surface area contributed by atoms with Gasteiger partial charge < -0.3 is 24.4 Å². The van der Waals surface area contributed by atoms with Gasteiger partial charge in [-0.1, -0.05) is 115 Å². The summed E-state index contributed by atoms with van der Waals surface area (Å²) in [6, 6.07) is 68.2. The predicted molar refractivity (Wildman–Crippen MR) is 280 cm³/mol. The molecule has 12 aromatic rings.